The summed E-state index contributed by atoms with van der Waals surface area (Å²) >= 11 is 1.30. The molecule has 0 aliphatic carbocycles. The van der Waals surface area contributed by atoms with Crippen LogP contribution in [-0.4, -0.2) is 29.9 Å². The highest BCUT2D eigenvalue weighted by atomic mass is 32.1. The lowest BCUT2D eigenvalue weighted by molar-refractivity contribution is -0.122. The number of nitrogens with zero attached hydrogens (tertiary/aromatic N) is 2. The molecule has 0 spiro atoms. The molecule has 6 nitrogen and oxygen atoms in total. The van der Waals surface area contributed by atoms with Gasteiger partial charge in [-0.05, 0) is 23.8 Å². The van der Waals surface area contributed by atoms with Crippen LogP contribution >= 0.6 is 11.3 Å². The van der Waals surface area contributed by atoms with Gasteiger partial charge >= 0.3 is 0 Å². The minimum atomic E-state index is -0.281. The van der Waals surface area contributed by atoms with Gasteiger partial charge in [0.15, 0.2) is 5.13 Å². The second kappa shape index (κ2) is 9.04. The van der Waals surface area contributed by atoms with Crippen molar-refractivity contribution in [2.45, 2.75) is 19.3 Å². The quantitative estimate of drug-likeness (QED) is 0.648. The standard InChI is InChI=1S/C22H20FN3O3S/c23-17-6-2-1-5-15(17)13-16-14-24-22(30-16)25-20(27)9-10-21(28)26-11-12-29-19-8-4-3-7-18(19)26/h1-8,14H,9-13H2,(H,24,25,27). The number of hydrogen-bond donors (Lipinski definition) is 1. The average molecular weight is 425 g/mol. The molecule has 154 valence electrons. The molecule has 2 heterocycles. The Morgan fingerprint density at radius 3 is 2.80 bits per heavy atom. The summed E-state index contributed by atoms with van der Waals surface area (Å²) in [5, 5.41) is 3.16. The summed E-state index contributed by atoms with van der Waals surface area (Å²) in [6, 6.07) is 13.9. The lowest BCUT2D eigenvalue weighted by Gasteiger charge is -2.29. The molecule has 2 amide bonds. The van der Waals surface area contributed by atoms with Gasteiger partial charge in [0.25, 0.3) is 0 Å². The van der Waals surface area contributed by atoms with Crippen molar-refractivity contribution >= 4 is 34.0 Å². The Labute approximate surface area is 177 Å². The van der Waals surface area contributed by atoms with Gasteiger partial charge in [-0.2, -0.15) is 0 Å². The summed E-state index contributed by atoms with van der Waals surface area (Å²) in [6.07, 6.45) is 2.19. The van der Waals surface area contributed by atoms with Crippen LogP contribution in [0.15, 0.2) is 54.7 Å². The number of hydrogen-bond acceptors (Lipinski definition) is 5. The maximum absolute atomic E-state index is 13.8. The fraction of sp³-hybridized carbons (Fsp3) is 0.227. The topological polar surface area (TPSA) is 71.5 Å². The van der Waals surface area contributed by atoms with Crippen LogP contribution < -0.4 is 15.0 Å². The van der Waals surface area contributed by atoms with Gasteiger partial charge in [-0.25, -0.2) is 9.37 Å². The largest absolute Gasteiger partial charge is 0.490 e. The number of fused-ring (bicyclic) bond motifs is 1. The summed E-state index contributed by atoms with van der Waals surface area (Å²) in [7, 11) is 0. The predicted octanol–water partition coefficient (Wildman–Crippen LogP) is 4.02. The Hall–Kier alpha value is -3.26. The molecule has 0 fully saturated rings. The Kier molecular flexibility index (Phi) is 6.04. The molecule has 30 heavy (non-hydrogen) atoms. The molecule has 1 aliphatic rings. The summed E-state index contributed by atoms with van der Waals surface area (Å²) in [4.78, 5) is 31.5. The van der Waals surface area contributed by atoms with E-state index in [1.807, 2.05) is 24.3 Å². The van der Waals surface area contributed by atoms with Gasteiger partial charge in [0.2, 0.25) is 11.8 Å². The molecular weight excluding hydrogens is 405 g/mol. The van der Waals surface area contributed by atoms with E-state index in [1.54, 1.807) is 29.3 Å². The van der Waals surface area contributed by atoms with Gasteiger partial charge < -0.3 is 15.0 Å². The zero-order valence-electron chi connectivity index (χ0n) is 16.1. The third-order valence-corrected chi connectivity index (χ3v) is 5.63. The third-order valence-electron chi connectivity index (χ3n) is 4.72. The number of ether oxygens (including phenoxy) is 1. The molecule has 8 heteroatoms. The van der Waals surface area contributed by atoms with E-state index in [9.17, 15) is 14.0 Å². The number of anilines is 2. The van der Waals surface area contributed by atoms with Crippen LogP contribution in [0.2, 0.25) is 0 Å². The number of thiazole rings is 1. The molecule has 0 unspecified atom stereocenters. The monoisotopic (exact) mass is 425 g/mol. The van der Waals surface area contributed by atoms with Gasteiger partial charge in [0.1, 0.15) is 18.2 Å². The Bertz CT molecular complexity index is 1070. The van der Waals surface area contributed by atoms with Crippen LogP contribution in [0, 0.1) is 5.82 Å². The number of benzene rings is 2. The molecule has 0 atom stereocenters. The van der Waals surface area contributed by atoms with Crippen molar-refractivity contribution < 1.29 is 18.7 Å². The molecule has 0 radical (unpaired) electrons. The number of carbonyl (C=O) groups is 2. The van der Waals surface area contributed by atoms with E-state index in [1.165, 1.54) is 17.4 Å². The maximum Gasteiger partial charge on any atom is 0.227 e. The first kappa shape index (κ1) is 20.0. The van der Waals surface area contributed by atoms with Gasteiger partial charge in [0, 0.05) is 30.3 Å². The summed E-state index contributed by atoms with van der Waals surface area (Å²) < 4.78 is 19.3. The van der Waals surface area contributed by atoms with E-state index in [4.69, 9.17) is 4.74 Å². The van der Waals surface area contributed by atoms with Crippen molar-refractivity contribution in [1.82, 2.24) is 4.98 Å². The first-order valence-electron chi connectivity index (χ1n) is 9.60. The van der Waals surface area contributed by atoms with E-state index >= 15 is 0 Å². The minimum absolute atomic E-state index is 0.0561. The van der Waals surface area contributed by atoms with E-state index in [2.05, 4.69) is 10.3 Å². The third kappa shape index (κ3) is 4.65. The van der Waals surface area contributed by atoms with Crippen LogP contribution in [0.5, 0.6) is 5.75 Å². The Balaban J connectivity index is 1.30. The van der Waals surface area contributed by atoms with Crippen molar-refractivity contribution in [2.75, 3.05) is 23.4 Å². The second-order valence-corrected chi connectivity index (χ2v) is 7.92. The minimum Gasteiger partial charge on any atom is -0.490 e. The van der Waals surface area contributed by atoms with Crippen molar-refractivity contribution in [3.63, 3.8) is 0 Å². The van der Waals surface area contributed by atoms with Crippen molar-refractivity contribution in [3.05, 3.63) is 71.0 Å². The van der Waals surface area contributed by atoms with Crippen LogP contribution in [0.3, 0.4) is 0 Å². The number of halogens is 1. The summed E-state index contributed by atoms with van der Waals surface area (Å²) in [6.45, 7) is 0.891. The Morgan fingerprint density at radius 2 is 1.93 bits per heavy atom. The molecule has 3 aromatic rings. The van der Waals surface area contributed by atoms with Crippen molar-refractivity contribution in [2.24, 2.45) is 0 Å². The number of rotatable bonds is 6. The predicted molar refractivity (Wildman–Crippen MR) is 113 cm³/mol. The Morgan fingerprint density at radius 1 is 1.13 bits per heavy atom. The first-order chi connectivity index (χ1) is 14.6. The second-order valence-electron chi connectivity index (χ2n) is 6.81. The summed E-state index contributed by atoms with van der Waals surface area (Å²) in [5.74, 6) is 0.00312. The number of nitrogens with one attached hydrogen (secondary N) is 1. The normalized spacial score (nSPS) is 12.8. The number of aromatic nitrogens is 1. The van der Waals surface area contributed by atoms with Crippen molar-refractivity contribution in [1.29, 1.82) is 0 Å². The number of para-hydroxylation sites is 2. The van der Waals surface area contributed by atoms with Gasteiger partial charge in [-0.1, -0.05) is 30.3 Å². The zero-order valence-corrected chi connectivity index (χ0v) is 17.0. The molecule has 4 rings (SSSR count). The van der Waals surface area contributed by atoms with Gasteiger partial charge in [-0.15, -0.1) is 11.3 Å². The molecule has 0 saturated heterocycles. The highest BCUT2D eigenvalue weighted by Crippen LogP contribution is 2.31. The number of amides is 2. The lowest BCUT2D eigenvalue weighted by Crippen LogP contribution is -2.38. The molecule has 0 saturated carbocycles. The molecule has 1 aromatic heterocycles. The SMILES string of the molecule is O=C(CCC(=O)N1CCOc2ccccc21)Nc1ncc(Cc2ccccc2F)s1. The van der Waals surface area contributed by atoms with Crippen LogP contribution in [0.4, 0.5) is 15.2 Å². The molecule has 1 N–H and O–H groups in total. The lowest BCUT2D eigenvalue weighted by atomic mass is 10.1. The van der Waals surface area contributed by atoms with Crippen molar-refractivity contribution in [3.8, 4) is 5.75 Å². The van der Waals surface area contributed by atoms with Crippen LogP contribution in [0.25, 0.3) is 0 Å². The average Bonchev–Trinajstić information content (AvgIpc) is 3.20. The highest BCUT2D eigenvalue weighted by Gasteiger charge is 2.23. The van der Waals surface area contributed by atoms with E-state index < -0.39 is 0 Å². The molecule has 0 bridgehead atoms. The highest BCUT2D eigenvalue weighted by molar-refractivity contribution is 7.15. The molecule has 1 aliphatic heterocycles. The van der Waals surface area contributed by atoms with Gasteiger partial charge in [0.05, 0.1) is 12.2 Å². The van der Waals surface area contributed by atoms with Crippen LogP contribution in [0.1, 0.15) is 23.3 Å². The first-order valence-corrected chi connectivity index (χ1v) is 10.4. The van der Waals surface area contributed by atoms with Crippen LogP contribution in [-0.2, 0) is 16.0 Å². The van der Waals surface area contributed by atoms with E-state index in [-0.39, 0.29) is 30.5 Å². The zero-order chi connectivity index (χ0) is 20.9. The maximum atomic E-state index is 13.8. The van der Waals surface area contributed by atoms with E-state index in [0.29, 0.717) is 36.0 Å². The summed E-state index contributed by atoms with van der Waals surface area (Å²) in [5.41, 5.74) is 1.31. The molecule has 2 aromatic carbocycles. The fourth-order valence-corrected chi connectivity index (χ4v) is 4.09. The van der Waals surface area contributed by atoms with E-state index in [0.717, 1.165) is 10.6 Å². The fourth-order valence-electron chi connectivity index (χ4n) is 3.24. The van der Waals surface area contributed by atoms with Gasteiger partial charge in [-0.3, -0.25) is 9.59 Å². The molecular formula is C22H20FN3O3S. The number of carbonyl (C=O) groups excluding carboxylic acids is 2. The smallest absolute Gasteiger partial charge is 0.227 e.